The number of likely N-dealkylation sites (tertiary alicyclic amines) is 1. The molecule has 0 unspecified atom stereocenters. The van der Waals surface area contributed by atoms with Crippen molar-refractivity contribution in [3.8, 4) is 6.07 Å². The van der Waals surface area contributed by atoms with E-state index < -0.39 is 6.17 Å². The van der Waals surface area contributed by atoms with Crippen molar-refractivity contribution in [2.24, 2.45) is 0 Å². The summed E-state index contributed by atoms with van der Waals surface area (Å²) < 4.78 is 12.6. The minimum atomic E-state index is -0.767. The summed E-state index contributed by atoms with van der Waals surface area (Å²) in [5.74, 6) is -0.176. The number of nitrogens with zero attached hydrogens (tertiary/aromatic N) is 2. The number of nitriles is 1. The SMILES string of the molecule is N#CCC(=O)N1CCC(F)CC1. The smallest absolute Gasteiger partial charge is 0.236 e. The van der Waals surface area contributed by atoms with Gasteiger partial charge < -0.3 is 4.90 Å². The fourth-order valence-corrected chi connectivity index (χ4v) is 1.28. The second kappa shape index (κ2) is 4.05. The monoisotopic (exact) mass is 170 g/mol. The van der Waals surface area contributed by atoms with E-state index in [9.17, 15) is 9.18 Å². The van der Waals surface area contributed by atoms with Gasteiger partial charge in [-0.15, -0.1) is 0 Å². The van der Waals surface area contributed by atoms with E-state index in [4.69, 9.17) is 5.26 Å². The Kier molecular flexibility index (Phi) is 3.03. The molecule has 1 saturated heterocycles. The average molecular weight is 170 g/mol. The van der Waals surface area contributed by atoms with Crippen molar-refractivity contribution in [3.05, 3.63) is 0 Å². The Balaban J connectivity index is 2.35. The lowest BCUT2D eigenvalue weighted by Crippen LogP contribution is -2.38. The molecule has 1 fully saturated rings. The van der Waals surface area contributed by atoms with E-state index in [1.165, 1.54) is 0 Å². The van der Waals surface area contributed by atoms with E-state index in [-0.39, 0.29) is 12.3 Å². The molecule has 0 spiro atoms. The van der Waals surface area contributed by atoms with E-state index in [0.29, 0.717) is 25.9 Å². The van der Waals surface area contributed by atoms with Crippen LogP contribution in [0.2, 0.25) is 0 Å². The summed E-state index contributed by atoms with van der Waals surface area (Å²) in [6, 6.07) is 1.79. The van der Waals surface area contributed by atoms with Crippen LogP contribution in [-0.2, 0) is 4.79 Å². The maximum atomic E-state index is 12.6. The highest BCUT2D eigenvalue weighted by Gasteiger charge is 2.21. The lowest BCUT2D eigenvalue weighted by Gasteiger charge is -2.27. The van der Waals surface area contributed by atoms with Gasteiger partial charge in [0.25, 0.3) is 0 Å². The second-order valence-corrected chi connectivity index (χ2v) is 2.89. The van der Waals surface area contributed by atoms with E-state index in [1.807, 2.05) is 0 Å². The van der Waals surface area contributed by atoms with Crippen LogP contribution in [0.15, 0.2) is 0 Å². The fourth-order valence-electron chi connectivity index (χ4n) is 1.28. The predicted molar refractivity (Wildman–Crippen MR) is 40.9 cm³/mol. The number of carbonyl (C=O) groups excluding carboxylic acids is 1. The maximum absolute atomic E-state index is 12.6. The van der Waals surface area contributed by atoms with E-state index in [2.05, 4.69) is 0 Å². The molecular weight excluding hydrogens is 159 g/mol. The topological polar surface area (TPSA) is 44.1 Å². The standard InChI is InChI=1S/C8H11FN2O/c9-7-2-5-11(6-3-7)8(12)1-4-10/h7H,1-3,5-6H2. The third-order valence-electron chi connectivity index (χ3n) is 2.01. The minimum Gasteiger partial charge on any atom is -0.342 e. The van der Waals surface area contributed by atoms with Gasteiger partial charge >= 0.3 is 0 Å². The highest BCUT2D eigenvalue weighted by Crippen LogP contribution is 2.13. The van der Waals surface area contributed by atoms with Crippen LogP contribution in [0, 0.1) is 11.3 Å². The van der Waals surface area contributed by atoms with Crippen LogP contribution in [0.1, 0.15) is 19.3 Å². The fraction of sp³-hybridized carbons (Fsp3) is 0.750. The Bertz CT molecular complexity index is 204. The van der Waals surface area contributed by atoms with Crippen molar-refractivity contribution in [1.82, 2.24) is 4.90 Å². The maximum Gasteiger partial charge on any atom is 0.236 e. The first kappa shape index (κ1) is 8.98. The molecule has 12 heavy (non-hydrogen) atoms. The van der Waals surface area contributed by atoms with E-state index in [0.717, 1.165) is 0 Å². The van der Waals surface area contributed by atoms with Crippen LogP contribution in [0.25, 0.3) is 0 Å². The van der Waals surface area contributed by atoms with Gasteiger partial charge in [-0.1, -0.05) is 0 Å². The van der Waals surface area contributed by atoms with Gasteiger partial charge in [0, 0.05) is 13.1 Å². The largest absolute Gasteiger partial charge is 0.342 e. The summed E-state index contributed by atoms with van der Waals surface area (Å²) in [7, 11) is 0. The van der Waals surface area contributed by atoms with E-state index in [1.54, 1.807) is 11.0 Å². The minimum absolute atomic E-state index is 0.0864. The van der Waals surface area contributed by atoms with Crippen LogP contribution >= 0.6 is 0 Å². The average Bonchev–Trinajstić information content (AvgIpc) is 2.06. The molecule has 0 aromatic heterocycles. The molecule has 0 N–H and O–H groups in total. The molecule has 0 aliphatic carbocycles. The zero-order valence-corrected chi connectivity index (χ0v) is 6.79. The second-order valence-electron chi connectivity index (χ2n) is 2.89. The zero-order chi connectivity index (χ0) is 8.97. The van der Waals surface area contributed by atoms with Crippen molar-refractivity contribution >= 4 is 5.91 Å². The Morgan fingerprint density at radius 1 is 1.58 bits per heavy atom. The summed E-state index contributed by atoms with van der Waals surface area (Å²) in [6.45, 7) is 0.920. The van der Waals surface area contributed by atoms with Gasteiger partial charge in [0.1, 0.15) is 12.6 Å². The normalized spacial score (nSPS) is 18.8. The Labute approximate surface area is 70.8 Å². The Hall–Kier alpha value is -1.11. The van der Waals surface area contributed by atoms with Gasteiger partial charge in [-0.2, -0.15) is 5.26 Å². The van der Waals surface area contributed by atoms with Crippen LogP contribution in [-0.4, -0.2) is 30.1 Å². The zero-order valence-electron chi connectivity index (χ0n) is 6.79. The molecule has 1 heterocycles. The van der Waals surface area contributed by atoms with Gasteiger partial charge in [0.2, 0.25) is 5.91 Å². The van der Waals surface area contributed by atoms with Gasteiger partial charge in [0.05, 0.1) is 6.07 Å². The molecule has 0 bridgehead atoms. The van der Waals surface area contributed by atoms with Crippen LogP contribution in [0.3, 0.4) is 0 Å². The number of carbonyl (C=O) groups is 1. The quantitative estimate of drug-likeness (QED) is 0.585. The third-order valence-corrected chi connectivity index (χ3v) is 2.01. The molecule has 1 amide bonds. The summed E-state index contributed by atoms with van der Waals surface area (Å²) in [4.78, 5) is 12.6. The molecule has 1 aliphatic rings. The molecule has 4 heteroatoms. The molecule has 66 valence electrons. The number of hydrogen-bond acceptors (Lipinski definition) is 2. The summed E-state index contributed by atoms with van der Waals surface area (Å²) in [6.07, 6.45) is -0.0261. The Morgan fingerprint density at radius 2 is 2.17 bits per heavy atom. The number of piperidine rings is 1. The van der Waals surface area contributed by atoms with Gasteiger partial charge in [-0.05, 0) is 12.8 Å². The first-order chi connectivity index (χ1) is 5.74. The predicted octanol–water partition coefficient (Wildman–Crippen LogP) is 0.861. The van der Waals surface area contributed by atoms with Crippen LogP contribution in [0.4, 0.5) is 4.39 Å². The highest BCUT2D eigenvalue weighted by atomic mass is 19.1. The van der Waals surface area contributed by atoms with Crippen LogP contribution < -0.4 is 0 Å². The molecule has 1 aliphatic heterocycles. The summed E-state index contributed by atoms with van der Waals surface area (Å²) in [5.41, 5.74) is 0. The number of amides is 1. The molecule has 0 radical (unpaired) electrons. The molecule has 1 rings (SSSR count). The number of hydrogen-bond donors (Lipinski definition) is 0. The lowest BCUT2D eigenvalue weighted by molar-refractivity contribution is -0.131. The van der Waals surface area contributed by atoms with Crippen LogP contribution in [0.5, 0.6) is 0 Å². The Morgan fingerprint density at radius 3 is 2.67 bits per heavy atom. The summed E-state index contributed by atoms with van der Waals surface area (Å²) in [5, 5.41) is 8.25. The number of alkyl halides is 1. The summed E-state index contributed by atoms with van der Waals surface area (Å²) >= 11 is 0. The van der Waals surface area contributed by atoms with Crippen molar-refractivity contribution < 1.29 is 9.18 Å². The first-order valence-corrected chi connectivity index (χ1v) is 4.03. The molecule has 0 atom stereocenters. The first-order valence-electron chi connectivity index (χ1n) is 4.03. The molecule has 0 aromatic rings. The van der Waals surface area contributed by atoms with Crippen molar-refractivity contribution in [3.63, 3.8) is 0 Å². The van der Waals surface area contributed by atoms with Crippen molar-refractivity contribution in [2.75, 3.05) is 13.1 Å². The lowest BCUT2D eigenvalue weighted by atomic mass is 10.1. The van der Waals surface area contributed by atoms with Gasteiger partial charge in [0.15, 0.2) is 0 Å². The van der Waals surface area contributed by atoms with Crippen molar-refractivity contribution in [2.45, 2.75) is 25.4 Å². The highest BCUT2D eigenvalue weighted by molar-refractivity contribution is 5.78. The molecular formula is C8H11FN2O. The molecule has 3 nitrogen and oxygen atoms in total. The van der Waals surface area contributed by atoms with Gasteiger partial charge in [-0.3, -0.25) is 4.79 Å². The molecule has 0 aromatic carbocycles. The molecule has 0 saturated carbocycles. The van der Waals surface area contributed by atoms with Crippen molar-refractivity contribution in [1.29, 1.82) is 5.26 Å². The third kappa shape index (κ3) is 2.19. The number of halogens is 1. The van der Waals surface area contributed by atoms with Gasteiger partial charge in [-0.25, -0.2) is 4.39 Å². The van der Waals surface area contributed by atoms with E-state index >= 15 is 0 Å². The number of rotatable bonds is 1.